The highest BCUT2D eigenvalue weighted by atomic mass is 19.1. The van der Waals surface area contributed by atoms with Gasteiger partial charge in [0.05, 0.1) is 13.2 Å². The molecule has 1 fully saturated rings. The normalized spacial score (nSPS) is 14.7. The van der Waals surface area contributed by atoms with Gasteiger partial charge >= 0.3 is 0 Å². The molecule has 0 unspecified atom stereocenters. The van der Waals surface area contributed by atoms with Gasteiger partial charge in [-0.05, 0) is 30.2 Å². The van der Waals surface area contributed by atoms with Crippen LogP contribution in [0.2, 0.25) is 0 Å². The number of carbonyl (C=O) groups is 1. The molecule has 1 aromatic carbocycles. The summed E-state index contributed by atoms with van der Waals surface area (Å²) in [5.74, 6) is 0.274. The number of hydrogen-bond donors (Lipinski definition) is 2. The second kappa shape index (κ2) is 9.99. The Labute approximate surface area is 158 Å². The highest BCUT2D eigenvalue weighted by Crippen LogP contribution is 2.10. The number of morpholine rings is 1. The van der Waals surface area contributed by atoms with Crippen molar-refractivity contribution >= 4 is 11.7 Å². The molecule has 0 saturated carbocycles. The van der Waals surface area contributed by atoms with Crippen LogP contribution < -0.4 is 10.6 Å². The summed E-state index contributed by atoms with van der Waals surface area (Å²) in [6.45, 7) is 5.25. The fourth-order valence-electron chi connectivity index (χ4n) is 2.95. The van der Waals surface area contributed by atoms with Crippen LogP contribution in [-0.2, 0) is 11.2 Å². The highest BCUT2D eigenvalue weighted by molar-refractivity contribution is 5.94. The van der Waals surface area contributed by atoms with Gasteiger partial charge in [-0.3, -0.25) is 9.69 Å². The van der Waals surface area contributed by atoms with E-state index in [1.165, 1.54) is 6.07 Å². The SMILES string of the molecule is O=C(NCCN1CCOCC1)c1ccnc(NCCc2ccccc2F)c1. The first kappa shape index (κ1) is 19.3. The molecule has 1 saturated heterocycles. The Morgan fingerprint density at radius 1 is 1.19 bits per heavy atom. The van der Waals surface area contributed by atoms with Crippen molar-refractivity contribution in [3.05, 3.63) is 59.5 Å². The van der Waals surface area contributed by atoms with Crippen LogP contribution in [0.25, 0.3) is 0 Å². The first-order valence-corrected chi connectivity index (χ1v) is 9.24. The number of anilines is 1. The van der Waals surface area contributed by atoms with Gasteiger partial charge < -0.3 is 15.4 Å². The van der Waals surface area contributed by atoms with E-state index in [9.17, 15) is 9.18 Å². The van der Waals surface area contributed by atoms with Crippen LogP contribution >= 0.6 is 0 Å². The van der Waals surface area contributed by atoms with Crippen molar-refractivity contribution < 1.29 is 13.9 Å². The van der Waals surface area contributed by atoms with Crippen molar-refractivity contribution in [3.63, 3.8) is 0 Å². The number of aromatic nitrogens is 1. The summed E-state index contributed by atoms with van der Waals surface area (Å²) in [5.41, 5.74) is 1.21. The number of halogens is 1. The summed E-state index contributed by atoms with van der Waals surface area (Å²) in [4.78, 5) is 18.8. The van der Waals surface area contributed by atoms with Gasteiger partial charge in [-0.25, -0.2) is 9.37 Å². The highest BCUT2D eigenvalue weighted by Gasteiger charge is 2.11. The molecule has 0 bridgehead atoms. The Hall–Kier alpha value is -2.51. The van der Waals surface area contributed by atoms with E-state index in [1.807, 2.05) is 6.07 Å². The predicted molar refractivity (Wildman–Crippen MR) is 102 cm³/mol. The Bertz CT molecular complexity index is 750. The molecular formula is C20H25FN4O2. The third-order valence-electron chi connectivity index (χ3n) is 4.50. The van der Waals surface area contributed by atoms with Gasteiger partial charge in [0.15, 0.2) is 0 Å². The Kier molecular flexibility index (Phi) is 7.12. The van der Waals surface area contributed by atoms with Crippen molar-refractivity contribution in [2.75, 3.05) is 51.3 Å². The van der Waals surface area contributed by atoms with Crippen LogP contribution in [-0.4, -0.2) is 61.7 Å². The molecule has 3 rings (SSSR count). The van der Waals surface area contributed by atoms with Crippen molar-refractivity contribution in [2.24, 2.45) is 0 Å². The van der Waals surface area contributed by atoms with E-state index >= 15 is 0 Å². The van der Waals surface area contributed by atoms with Crippen molar-refractivity contribution in [2.45, 2.75) is 6.42 Å². The molecule has 2 heterocycles. The molecule has 27 heavy (non-hydrogen) atoms. The second-order valence-electron chi connectivity index (χ2n) is 6.41. The largest absolute Gasteiger partial charge is 0.379 e. The van der Waals surface area contributed by atoms with Crippen LogP contribution in [0, 0.1) is 5.82 Å². The van der Waals surface area contributed by atoms with Crippen molar-refractivity contribution in [1.29, 1.82) is 0 Å². The van der Waals surface area contributed by atoms with Crippen molar-refractivity contribution in [1.82, 2.24) is 15.2 Å². The minimum atomic E-state index is -0.208. The standard InChI is InChI=1S/C20H25FN4O2/c21-18-4-2-1-3-16(18)5-7-22-19-15-17(6-8-23-19)20(26)24-9-10-25-11-13-27-14-12-25/h1-4,6,8,15H,5,7,9-14H2,(H,22,23)(H,24,26). The molecule has 1 aliphatic heterocycles. The minimum absolute atomic E-state index is 0.122. The number of nitrogens with zero attached hydrogens (tertiary/aromatic N) is 2. The fraction of sp³-hybridized carbons (Fsp3) is 0.400. The molecule has 1 amide bonds. The molecule has 7 heteroatoms. The first-order chi connectivity index (χ1) is 13.2. The number of amides is 1. The van der Waals surface area contributed by atoms with Gasteiger partial charge in [-0.1, -0.05) is 18.2 Å². The molecule has 0 aliphatic carbocycles. The summed E-state index contributed by atoms with van der Waals surface area (Å²) in [6, 6.07) is 10.1. The molecule has 0 spiro atoms. The summed E-state index contributed by atoms with van der Waals surface area (Å²) in [5, 5.41) is 6.08. The lowest BCUT2D eigenvalue weighted by molar-refractivity contribution is 0.0383. The zero-order valence-corrected chi connectivity index (χ0v) is 15.3. The topological polar surface area (TPSA) is 66.5 Å². The van der Waals surface area contributed by atoms with Crippen LogP contribution in [0.3, 0.4) is 0 Å². The van der Waals surface area contributed by atoms with Gasteiger partial charge in [0.2, 0.25) is 0 Å². The third kappa shape index (κ3) is 6.01. The van der Waals surface area contributed by atoms with Gasteiger partial charge in [-0.15, -0.1) is 0 Å². The number of ether oxygens (including phenoxy) is 1. The molecule has 2 N–H and O–H groups in total. The quantitative estimate of drug-likeness (QED) is 0.741. The lowest BCUT2D eigenvalue weighted by Gasteiger charge is -2.26. The first-order valence-electron chi connectivity index (χ1n) is 9.24. The van der Waals surface area contributed by atoms with E-state index in [1.54, 1.807) is 30.5 Å². The number of nitrogens with one attached hydrogen (secondary N) is 2. The average Bonchev–Trinajstić information content (AvgIpc) is 2.70. The van der Waals surface area contributed by atoms with Crippen LogP contribution in [0.1, 0.15) is 15.9 Å². The fourth-order valence-corrected chi connectivity index (χ4v) is 2.95. The molecule has 1 aliphatic rings. The monoisotopic (exact) mass is 372 g/mol. The number of carbonyl (C=O) groups excluding carboxylic acids is 1. The summed E-state index contributed by atoms with van der Waals surface area (Å²) >= 11 is 0. The number of pyridine rings is 1. The molecule has 0 radical (unpaired) electrons. The van der Waals surface area contributed by atoms with Gasteiger partial charge in [-0.2, -0.15) is 0 Å². The lowest BCUT2D eigenvalue weighted by atomic mass is 10.1. The summed E-state index contributed by atoms with van der Waals surface area (Å²) < 4.78 is 18.9. The number of hydrogen-bond acceptors (Lipinski definition) is 5. The maximum atomic E-state index is 13.6. The van der Waals surface area contributed by atoms with E-state index in [0.29, 0.717) is 36.5 Å². The number of rotatable bonds is 8. The van der Waals surface area contributed by atoms with E-state index in [2.05, 4.69) is 20.5 Å². The second-order valence-corrected chi connectivity index (χ2v) is 6.41. The Morgan fingerprint density at radius 3 is 2.81 bits per heavy atom. The zero-order valence-electron chi connectivity index (χ0n) is 15.3. The summed E-state index contributed by atoms with van der Waals surface area (Å²) in [7, 11) is 0. The van der Waals surface area contributed by atoms with Gasteiger partial charge in [0, 0.05) is 44.5 Å². The predicted octanol–water partition coefficient (Wildman–Crippen LogP) is 1.94. The lowest BCUT2D eigenvalue weighted by Crippen LogP contribution is -2.41. The van der Waals surface area contributed by atoms with E-state index in [-0.39, 0.29) is 11.7 Å². The number of benzene rings is 1. The maximum Gasteiger partial charge on any atom is 0.251 e. The molecule has 0 atom stereocenters. The van der Waals surface area contributed by atoms with Crippen LogP contribution in [0.4, 0.5) is 10.2 Å². The van der Waals surface area contributed by atoms with Gasteiger partial charge in [0.1, 0.15) is 11.6 Å². The third-order valence-corrected chi connectivity index (χ3v) is 4.50. The molecular weight excluding hydrogens is 347 g/mol. The Balaban J connectivity index is 1.44. The molecule has 6 nitrogen and oxygen atoms in total. The molecule has 1 aromatic heterocycles. The average molecular weight is 372 g/mol. The maximum absolute atomic E-state index is 13.6. The van der Waals surface area contributed by atoms with E-state index in [4.69, 9.17) is 4.74 Å². The van der Waals surface area contributed by atoms with E-state index in [0.717, 1.165) is 32.8 Å². The minimum Gasteiger partial charge on any atom is -0.379 e. The van der Waals surface area contributed by atoms with Crippen LogP contribution in [0.5, 0.6) is 0 Å². The van der Waals surface area contributed by atoms with Gasteiger partial charge in [0.25, 0.3) is 5.91 Å². The van der Waals surface area contributed by atoms with Crippen LogP contribution in [0.15, 0.2) is 42.6 Å². The smallest absolute Gasteiger partial charge is 0.251 e. The molecule has 144 valence electrons. The Morgan fingerprint density at radius 2 is 2.00 bits per heavy atom. The molecule has 2 aromatic rings. The summed E-state index contributed by atoms with van der Waals surface area (Å²) in [6.07, 6.45) is 2.15. The van der Waals surface area contributed by atoms with Crippen molar-refractivity contribution in [3.8, 4) is 0 Å². The zero-order chi connectivity index (χ0) is 18.9. The van der Waals surface area contributed by atoms with E-state index < -0.39 is 0 Å².